The van der Waals surface area contributed by atoms with Gasteiger partial charge in [-0.15, -0.1) is 0 Å². The van der Waals surface area contributed by atoms with Gasteiger partial charge in [0.15, 0.2) is 0 Å². The van der Waals surface area contributed by atoms with Gasteiger partial charge in [0.25, 0.3) is 0 Å². The van der Waals surface area contributed by atoms with Crippen LogP contribution >= 0.6 is 15.9 Å². The molecule has 1 atom stereocenters. The Bertz CT molecular complexity index is 441. The summed E-state index contributed by atoms with van der Waals surface area (Å²) in [6, 6.07) is 4.68. The Morgan fingerprint density at radius 3 is 3.00 bits per heavy atom. The third kappa shape index (κ3) is 2.76. The number of nitrogens with zero attached hydrogens (tertiary/aromatic N) is 1. The van der Waals surface area contributed by atoms with Crippen LogP contribution in [0.1, 0.15) is 11.7 Å². The third-order valence-corrected chi connectivity index (χ3v) is 3.30. The maximum atomic E-state index is 13.4. The minimum absolute atomic E-state index is 0.233. The molecule has 1 aliphatic rings. The van der Waals surface area contributed by atoms with E-state index in [0.717, 1.165) is 0 Å². The number of rotatable bonds is 1. The lowest BCUT2D eigenvalue weighted by molar-refractivity contribution is -0.0233. The zero-order valence-electron chi connectivity index (χ0n) is 8.90. The van der Waals surface area contributed by atoms with Gasteiger partial charge in [-0.1, -0.05) is 6.07 Å². The molecule has 0 bridgehead atoms. The highest BCUT2D eigenvalue weighted by Gasteiger charge is 2.25. The average molecular weight is 304 g/mol. The zero-order chi connectivity index (χ0) is 12.4. The predicted molar refractivity (Wildman–Crippen MR) is 62.4 cm³/mol. The summed E-state index contributed by atoms with van der Waals surface area (Å²) >= 11 is 3.07. The minimum atomic E-state index is -0.976. The summed E-state index contributed by atoms with van der Waals surface area (Å²) in [6.07, 6.45) is -1.38. The van der Waals surface area contributed by atoms with E-state index in [0.29, 0.717) is 23.2 Å². The minimum Gasteiger partial charge on any atom is -0.465 e. The molecule has 92 valence electrons. The highest BCUT2D eigenvalue weighted by molar-refractivity contribution is 9.10. The zero-order valence-corrected chi connectivity index (χ0v) is 10.5. The van der Waals surface area contributed by atoms with E-state index in [1.54, 1.807) is 12.1 Å². The topological polar surface area (TPSA) is 49.8 Å². The van der Waals surface area contributed by atoms with Gasteiger partial charge < -0.3 is 14.7 Å². The molecular weight excluding hydrogens is 293 g/mol. The van der Waals surface area contributed by atoms with Crippen LogP contribution in [-0.4, -0.2) is 35.8 Å². The molecular formula is C11H11BrFNO3. The van der Waals surface area contributed by atoms with Crippen molar-refractivity contribution >= 4 is 22.0 Å². The van der Waals surface area contributed by atoms with Crippen molar-refractivity contribution in [3.05, 3.63) is 34.1 Å². The number of amides is 1. The Balaban J connectivity index is 2.16. The van der Waals surface area contributed by atoms with Gasteiger partial charge >= 0.3 is 6.09 Å². The summed E-state index contributed by atoms with van der Waals surface area (Å²) in [5, 5.41) is 8.89. The van der Waals surface area contributed by atoms with Crippen LogP contribution in [0, 0.1) is 5.82 Å². The van der Waals surface area contributed by atoms with E-state index in [4.69, 9.17) is 9.84 Å². The number of benzene rings is 1. The van der Waals surface area contributed by atoms with E-state index in [-0.39, 0.29) is 12.4 Å². The molecule has 1 saturated heterocycles. The summed E-state index contributed by atoms with van der Waals surface area (Å²) in [5.41, 5.74) is 0.650. The highest BCUT2D eigenvalue weighted by atomic mass is 79.9. The number of carbonyl (C=O) groups is 1. The van der Waals surface area contributed by atoms with Crippen molar-refractivity contribution in [2.75, 3.05) is 19.7 Å². The van der Waals surface area contributed by atoms with Gasteiger partial charge in [-0.05, 0) is 33.6 Å². The lowest BCUT2D eigenvalue weighted by atomic mass is 10.1. The fourth-order valence-electron chi connectivity index (χ4n) is 1.74. The van der Waals surface area contributed by atoms with E-state index in [9.17, 15) is 9.18 Å². The van der Waals surface area contributed by atoms with Crippen LogP contribution in [0.5, 0.6) is 0 Å². The quantitative estimate of drug-likeness (QED) is 0.867. The molecule has 1 aromatic rings. The summed E-state index contributed by atoms with van der Waals surface area (Å²) in [5.74, 6) is -0.376. The van der Waals surface area contributed by atoms with Crippen LogP contribution < -0.4 is 0 Å². The SMILES string of the molecule is O=C(O)N1CCOC(c2ccc(Br)c(F)c2)C1. The van der Waals surface area contributed by atoms with Crippen molar-refractivity contribution in [1.82, 2.24) is 4.90 Å². The predicted octanol–water partition coefficient (Wildman–Crippen LogP) is 2.64. The maximum absolute atomic E-state index is 13.4. The lowest BCUT2D eigenvalue weighted by Gasteiger charge is -2.31. The lowest BCUT2D eigenvalue weighted by Crippen LogP contribution is -2.41. The van der Waals surface area contributed by atoms with Crippen molar-refractivity contribution < 1.29 is 19.0 Å². The monoisotopic (exact) mass is 303 g/mol. The standard InChI is InChI=1S/C11H11BrFNO3/c12-8-2-1-7(5-9(8)13)10-6-14(11(15)16)3-4-17-10/h1-2,5,10H,3-4,6H2,(H,15,16). The number of carboxylic acid groups (broad SMARTS) is 1. The van der Waals surface area contributed by atoms with Crippen LogP contribution in [0.4, 0.5) is 9.18 Å². The molecule has 1 amide bonds. The maximum Gasteiger partial charge on any atom is 0.407 e. The fraction of sp³-hybridized carbons (Fsp3) is 0.364. The van der Waals surface area contributed by atoms with Crippen molar-refractivity contribution in [1.29, 1.82) is 0 Å². The molecule has 2 rings (SSSR count). The first kappa shape index (κ1) is 12.3. The fourth-order valence-corrected chi connectivity index (χ4v) is 1.98. The molecule has 1 heterocycles. The number of hydrogen-bond acceptors (Lipinski definition) is 2. The normalized spacial score (nSPS) is 20.4. The van der Waals surface area contributed by atoms with Crippen molar-refractivity contribution in [2.24, 2.45) is 0 Å². The molecule has 0 saturated carbocycles. The van der Waals surface area contributed by atoms with Crippen molar-refractivity contribution in [3.63, 3.8) is 0 Å². The summed E-state index contributed by atoms with van der Waals surface area (Å²) in [6.45, 7) is 0.913. The Hall–Kier alpha value is -1.14. The summed E-state index contributed by atoms with van der Waals surface area (Å²) in [7, 11) is 0. The molecule has 0 radical (unpaired) electrons. The Kier molecular flexibility index (Phi) is 3.63. The molecule has 1 N–H and O–H groups in total. The average Bonchev–Trinajstić information content (AvgIpc) is 2.33. The molecule has 1 fully saturated rings. The molecule has 0 spiro atoms. The molecule has 0 aliphatic carbocycles. The number of ether oxygens (including phenoxy) is 1. The number of morpholine rings is 1. The van der Waals surface area contributed by atoms with E-state index >= 15 is 0 Å². The van der Waals surface area contributed by atoms with E-state index < -0.39 is 12.2 Å². The van der Waals surface area contributed by atoms with Crippen LogP contribution in [0.25, 0.3) is 0 Å². The molecule has 0 aromatic heterocycles. The third-order valence-electron chi connectivity index (χ3n) is 2.65. The van der Waals surface area contributed by atoms with Crippen LogP contribution in [0.2, 0.25) is 0 Å². The molecule has 17 heavy (non-hydrogen) atoms. The molecule has 1 aromatic carbocycles. The first-order valence-electron chi connectivity index (χ1n) is 5.12. The van der Waals surface area contributed by atoms with Gasteiger partial charge in [-0.2, -0.15) is 0 Å². The van der Waals surface area contributed by atoms with Gasteiger partial charge in [-0.3, -0.25) is 0 Å². The van der Waals surface area contributed by atoms with Crippen LogP contribution in [0.3, 0.4) is 0 Å². The molecule has 4 nitrogen and oxygen atoms in total. The van der Waals surface area contributed by atoms with Gasteiger partial charge in [0.05, 0.1) is 17.6 Å². The van der Waals surface area contributed by atoms with Crippen LogP contribution in [-0.2, 0) is 4.74 Å². The second-order valence-corrected chi connectivity index (χ2v) is 4.62. The van der Waals surface area contributed by atoms with E-state index in [1.165, 1.54) is 11.0 Å². The van der Waals surface area contributed by atoms with Gasteiger partial charge in [0.1, 0.15) is 11.9 Å². The number of hydrogen-bond donors (Lipinski definition) is 1. The largest absolute Gasteiger partial charge is 0.465 e. The van der Waals surface area contributed by atoms with Gasteiger partial charge in [0.2, 0.25) is 0 Å². The first-order valence-corrected chi connectivity index (χ1v) is 5.91. The van der Waals surface area contributed by atoms with Gasteiger partial charge in [-0.25, -0.2) is 9.18 Å². The van der Waals surface area contributed by atoms with E-state index in [2.05, 4.69) is 15.9 Å². The molecule has 1 unspecified atom stereocenters. The first-order chi connectivity index (χ1) is 8.08. The molecule has 6 heteroatoms. The van der Waals surface area contributed by atoms with Crippen molar-refractivity contribution in [3.8, 4) is 0 Å². The highest BCUT2D eigenvalue weighted by Crippen LogP contribution is 2.25. The Morgan fingerprint density at radius 1 is 1.59 bits per heavy atom. The van der Waals surface area contributed by atoms with Gasteiger partial charge in [0, 0.05) is 6.54 Å². The second-order valence-electron chi connectivity index (χ2n) is 3.76. The van der Waals surface area contributed by atoms with Crippen molar-refractivity contribution in [2.45, 2.75) is 6.10 Å². The van der Waals surface area contributed by atoms with E-state index in [1.807, 2.05) is 0 Å². The summed E-state index contributed by atoms with van der Waals surface area (Å²) in [4.78, 5) is 12.1. The Labute approximate surface area is 106 Å². The summed E-state index contributed by atoms with van der Waals surface area (Å²) < 4.78 is 19.2. The second kappa shape index (κ2) is 5.01. The number of halogens is 2. The van der Waals surface area contributed by atoms with Crippen LogP contribution in [0.15, 0.2) is 22.7 Å². The Morgan fingerprint density at radius 2 is 2.35 bits per heavy atom. The smallest absolute Gasteiger partial charge is 0.407 e. The molecule has 1 aliphatic heterocycles.